The zero-order valence-electron chi connectivity index (χ0n) is 16.7. The second-order valence-corrected chi connectivity index (χ2v) is 8.01. The first-order valence-electron chi connectivity index (χ1n) is 9.62. The molecule has 1 heterocycles. The molecule has 2 fully saturated rings. The summed E-state index contributed by atoms with van der Waals surface area (Å²) < 4.78 is 4.88. The number of rotatable bonds is 4. The van der Waals surface area contributed by atoms with Crippen molar-refractivity contribution in [2.24, 2.45) is 16.8 Å². The van der Waals surface area contributed by atoms with Crippen LogP contribution in [0.25, 0.3) is 0 Å². The maximum absolute atomic E-state index is 11.7. The number of esters is 1. The number of methoxy groups -OCH3 is 1. The van der Waals surface area contributed by atoms with Gasteiger partial charge in [-0.05, 0) is 45.7 Å². The number of nitrogens with one attached hydrogen (secondary N) is 1. The summed E-state index contributed by atoms with van der Waals surface area (Å²) in [6.07, 6.45) is 6.77. The van der Waals surface area contributed by atoms with E-state index in [1.807, 2.05) is 7.05 Å². The van der Waals surface area contributed by atoms with E-state index in [-0.39, 0.29) is 17.4 Å². The van der Waals surface area contributed by atoms with Crippen LogP contribution in [0.1, 0.15) is 45.4 Å². The molecule has 0 aromatic carbocycles. The van der Waals surface area contributed by atoms with Gasteiger partial charge in [-0.15, -0.1) is 0 Å². The Kier molecular flexibility index (Phi) is 7.11. The lowest BCUT2D eigenvalue weighted by Crippen LogP contribution is -2.57. The number of hydrogen-bond acceptors (Lipinski definition) is 4. The first kappa shape index (κ1) is 20.0. The molecule has 0 aromatic rings. The van der Waals surface area contributed by atoms with Gasteiger partial charge in [0.15, 0.2) is 5.96 Å². The molecule has 1 aliphatic carbocycles. The third-order valence-corrected chi connectivity index (χ3v) is 6.13. The Morgan fingerprint density at radius 2 is 2.00 bits per heavy atom. The van der Waals surface area contributed by atoms with Gasteiger partial charge >= 0.3 is 5.97 Å². The van der Waals surface area contributed by atoms with Gasteiger partial charge in [0.05, 0.1) is 13.0 Å². The van der Waals surface area contributed by atoms with Crippen LogP contribution < -0.4 is 5.32 Å². The third-order valence-electron chi connectivity index (χ3n) is 6.13. The quantitative estimate of drug-likeness (QED) is 0.476. The van der Waals surface area contributed by atoms with Gasteiger partial charge in [0.2, 0.25) is 0 Å². The highest BCUT2D eigenvalue weighted by Gasteiger charge is 2.37. The van der Waals surface area contributed by atoms with E-state index in [0.29, 0.717) is 0 Å². The van der Waals surface area contributed by atoms with Crippen LogP contribution in [0.2, 0.25) is 0 Å². The van der Waals surface area contributed by atoms with Gasteiger partial charge in [0.1, 0.15) is 0 Å². The molecule has 0 aromatic heterocycles. The van der Waals surface area contributed by atoms with Crippen molar-refractivity contribution < 1.29 is 9.53 Å². The highest BCUT2D eigenvalue weighted by atomic mass is 16.5. The highest BCUT2D eigenvalue weighted by Crippen LogP contribution is 2.35. The van der Waals surface area contributed by atoms with E-state index < -0.39 is 0 Å². The largest absolute Gasteiger partial charge is 0.469 e. The molecule has 2 unspecified atom stereocenters. The van der Waals surface area contributed by atoms with Crippen LogP contribution in [0.15, 0.2) is 4.99 Å². The summed E-state index contributed by atoms with van der Waals surface area (Å²) >= 11 is 0. The zero-order valence-corrected chi connectivity index (χ0v) is 16.7. The molecule has 1 saturated heterocycles. The maximum atomic E-state index is 11.7. The highest BCUT2D eigenvalue weighted by molar-refractivity contribution is 5.80. The fraction of sp³-hybridized carbons (Fsp3) is 0.895. The molecule has 144 valence electrons. The van der Waals surface area contributed by atoms with E-state index in [9.17, 15) is 4.79 Å². The first-order valence-corrected chi connectivity index (χ1v) is 9.62. The summed E-state index contributed by atoms with van der Waals surface area (Å²) in [6.45, 7) is 4.99. The lowest BCUT2D eigenvalue weighted by atomic mass is 9.75. The Morgan fingerprint density at radius 1 is 1.32 bits per heavy atom. The van der Waals surface area contributed by atoms with Crippen LogP contribution in [0, 0.1) is 11.8 Å². The number of likely N-dealkylation sites (N-methyl/N-ethyl adjacent to an activating group) is 1. The average Bonchev–Trinajstić information content (AvgIpc) is 2.62. The second kappa shape index (κ2) is 8.88. The average molecular weight is 353 g/mol. The molecule has 1 saturated carbocycles. The smallest absolute Gasteiger partial charge is 0.308 e. The number of nitrogens with zero attached hydrogens (tertiary/aromatic N) is 3. The number of likely N-dealkylation sites (tertiary alicyclic amines) is 1. The summed E-state index contributed by atoms with van der Waals surface area (Å²) in [7, 11) is 7.72. The molecule has 1 aliphatic heterocycles. The lowest BCUT2D eigenvalue weighted by Gasteiger charge is -2.46. The molecule has 0 spiro atoms. The summed E-state index contributed by atoms with van der Waals surface area (Å²) in [6, 6.07) is 0. The van der Waals surface area contributed by atoms with Gasteiger partial charge in [-0.25, -0.2) is 0 Å². The van der Waals surface area contributed by atoms with E-state index in [1.54, 1.807) is 0 Å². The van der Waals surface area contributed by atoms with Crippen molar-refractivity contribution in [2.45, 2.75) is 51.0 Å². The molecule has 0 bridgehead atoms. The van der Waals surface area contributed by atoms with Gasteiger partial charge in [-0.3, -0.25) is 9.79 Å². The lowest BCUT2D eigenvalue weighted by molar-refractivity contribution is -0.146. The van der Waals surface area contributed by atoms with Crippen molar-refractivity contribution in [1.82, 2.24) is 15.1 Å². The molecular weight excluding hydrogens is 316 g/mol. The van der Waals surface area contributed by atoms with Crippen molar-refractivity contribution in [3.05, 3.63) is 0 Å². The second-order valence-electron chi connectivity index (χ2n) is 8.01. The Balaban J connectivity index is 1.93. The molecule has 6 nitrogen and oxygen atoms in total. The van der Waals surface area contributed by atoms with Crippen molar-refractivity contribution in [1.29, 1.82) is 0 Å². The van der Waals surface area contributed by atoms with Crippen molar-refractivity contribution in [3.8, 4) is 0 Å². The Hall–Kier alpha value is -1.30. The van der Waals surface area contributed by atoms with Crippen LogP contribution in [0.5, 0.6) is 0 Å². The predicted molar refractivity (Wildman–Crippen MR) is 102 cm³/mol. The molecule has 0 amide bonds. The SMILES string of the molecule is CN=C(NCC1(N(C)C)CCCC(C)C1)N1CCC(C(=O)OC)CC1. The van der Waals surface area contributed by atoms with Crippen molar-refractivity contribution in [2.75, 3.05) is 47.9 Å². The van der Waals surface area contributed by atoms with Crippen LogP contribution in [0.3, 0.4) is 0 Å². The summed E-state index contributed by atoms with van der Waals surface area (Å²) in [5.74, 6) is 1.69. The normalized spacial score (nSPS) is 29.0. The van der Waals surface area contributed by atoms with E-state index >= 15 is 0 Å². The van der Waals surface area contributed by atoms with Gasteiger partial charge in [0.25, 0.3) is 0 Å². The van der Waals surface area contributed by atoms with E-state index in [0.717, 1.165) is 44.4 Å². The third kappa shape index (κ3) is 4.87. The molecule has 2 rings (SSSR count). The standard InChI is InChI=1S/C19H36N4O2/c1-15-7-6-10-19(13-15,22(3)4)14-21-18(20-2)23-11-8-16(9-12-23)17(24)25-5/h15-16H,6-14H2,1-5H3,(H,20,21). The van der Waals surface area contributed by atoms with E-state index in [2.05, 4.69) is 41.1 Å². The zero-order chi connectivity index (χ0) is 18.4. The minimum absolute atomic E-state index is 0.0340. The molecule has 6 heteroatoms. The minimum Gasteiger partial charge on any atom is -0.469 e. The number of aliphatic imine (C=N–C) groups is 1. The van der Waals surface area contributed by atoms with Crippen LogP contribution in [-0.4, -0.2) is 75.2 Å². The summed E-state index contributed by atoms with van der Waals surface area (Å²) in [5, 5.41) is 3.63. The Morgan fingerprint density at radius 3 is 2.52 bits per heavy atom. The number of piperidine rings is 1. The van der Waals surface area contributed by atoms with Crippen molar-refractivity contribution in [3.63, 3.8) is 0 Å². The van der Waals surface area contributed by atoms with Crippen LogP contribution >= 0.6 is 0 Å². The van der Waals surface area contributed by atoms with E-state index in [1.165, 1.54) is 32.8 Å². The molecule has 2 atom stereocenters. The fourth-order valence-corrected chi connectivity index (χ4v) is 4.43. The fourth-order valence-electron chi connectivity index (χ4n) is 4.43. The van der Waals surface area contributed by atoms with Gasteiger partial charge < -0.3 is 19.9 Å². The monoisotopic (exact) mass is 352 g/mol. The van der Waals surface area contributed by atoms with Crippen LogP contribution in [-0.2, 0) is 9.53 Å². The molecule has 25 heavy (non-hydrogen) atoms. The first-order chi connectivity index (χ1) is 11.9. The Bertz CT molecular complexity index is 472. The summed E-state index contributed by atoms with van der Waals surface area (Å²) in [5.41, 5.74) is 0.206. The topological polar surface area (TPSA) is 57.2 Å². The van der Waals surface area contributed by atoms with E-state index in [4.69, 9.17) is 4.74 Å². The molecule has 2 aliphatic rings. The predicted octanol–water partition coefficient (Wildman–Crippen LogP) is 1.96. The van der Waals surface area contributed by atoms with Gasteiger partial charge in [-0.1, -0.05) is 19.8 Å². The number of ether oxygens (including phenoxy) is 1. The molecular formula is C19H36N4O2. The minimum atomic E-state index is -0.0784. The molecule has 0 radical (unpaired) electrons. The number of carbonyl (C=O) groups excluding carboxylic acids is 1. The summed E-state index contributed by atoms with van der Waals surface area (Å²) in [4.78, 5) is 20.9. The van der Waals surface area contributed by atoms with Crippen molar-refractivity contribution >= 4 is 11.9 Å². The van der Waals surface area contributed by atoms with Gasteiger partial charge in [-0.2, -0.15) is 0 Å². The number of guanidine groups is 1. The van der Waals surface area contributed by atoms with Crippen LogP contribution in [0.4, 0.5) is 0 Å². The molecule has 1 N–H and O–H groups in total. The number of carbonyl (C=O) groups is 1. The maximum Gasteiger partial charge on any atom is 0.308 e. The number of hydrogen-bond donors (Lipinski definition) is 1. The van der Waals surface area contributed by atoms with Gasteiger partial charge in [0, 0.05) is 32.2 Å². The Labute approximate surface area is 153 Å².